The molecule has 1 atom stereocenters. The van der Waals surface area contributed by atoms with Crippen LogP contribution in [0, 0.1) is 16.4 Å². The fourth-order valence-corrected chi connectivity index (χ4v) is 1.59. The topological polar surface area (TPSA) is 17.1 Å². The van der Waals surface area contributed by atoms with Crippen molar-refractivity contribution in [2.75, 3.05) is 0 Å². The van der Waals surface area contributed by atoms with Crippen molar-refractivity contribution in [2.24, 2.45) is 5.92 Å². The zero-order valence-corrected chi connectivity index (χ0v) is 10.0. The van der Waals surface area contributed by atoms with Gasteiger partial charge in [0.15, 0.2) is 0 Å². The summed E-state index contributed by atoms with van der Waals surface area (Å²) in [6.07, 6.45) is 1.86. The molecule has 0 aliphatic rings. The third-order valence-corrected chi connectivity index (χ3v) is 3.22. The van der Waals surface area contributed by atoms with Gasteiger partial charge in [0.05, 0.1) is 0 Å². The van der Waals surface area contributed by atoms with E-state index in [1.54, 1.807) is 0 Å². The van der Waals surface area contributed by atoms with Crippen LogP contribution in [0.25, 0.3) is 0 Å². The molecule has 70 valence electrons. The van der Waals surface area contributed by atoms with Gasteiger partial charge in [0, 0.05) is 9.49 Å². The summed E-state index contributed by atoms with van der Waals surface area (Å²) in [5.74, 6) is 0.125. The van der Waals surface area contributed by atoms with E-state index in [1.807, 2.05) is 6.92 Å². The van der Waals surface area contributed by atoms with Gasteiger partial charge in [-0.15, -0.1) is 0 Å². The first-order valence-corrected chi connectivity index (χ1v) is 5.41. The van der Waals surface area contributed by atoms with Gasteiger partial charge in [0.2, 0.25) is 0 Å². The maximum atomic E-state index is 10.5. The summed E-state index contributed by atoms with van der Waals surface area (Å²) >= 11 is 2.31. The summed E-state index contributed by atoms with van der Waals surface area (Å²) in [4.78, 5) is 10.5. The Hall–Kier alpha value is -0.380. The zero-order valence-electron chi connectivity index (χ0n) is 7.88. The van der Waals surface area contributed by atoms with E-state index in [-0.39, 0.29) is 5.92 Å². The van der Waals surface area contributed by atoms with Crippen molar-refractivity contribution in [1.82, 2.24) is 0 Å². The lowest BCUT2D eigenvalue weighted by Gasteiger charge is -2.05. The molecule has 0 saturated heterocycles. The number of carbonyl (C=O) groups is 1. The van der Waals surface area contributed by atoms with Gasteiger partial charge in [-0.2, -0.15) is 0 Å². The molecule has 1 aromatic carbocycles. The number of carbonyl (C=O) groups excluding carboxylic acids is 1. The quantitative estimate of drug-likeness (QED) is 0.617. The highest BCUT2D eigenvalue weighted by Crippen LogP contribution is 2.15. The maximum absolute atomic E-state index is 10.5. The summed E-state index contributed by atoms with van der Waals surface area (Å²) < 4.78 is 1.28. The largest absolute Gasteiger partial charge is 0.303 e. The Kier molecular flexibility index (Phi) is 3.90. The van der Waals surface area contributed by atoms with Crippen molar-refractivity contribution < 1.29 is 4.79 Å². The lowest BCUT2D eigenvalue weighted by Crippen LogP contribution is -2.00. The van der Waals surface area contributed by atoms with Gasteiger partial charge in [-0.05, 0) is 53.1 Å². The van der Waals surface area contributed by atoms with Gasteiger partial charge in [-0.25, -0.2) is 0 Å². The summed E-state index contributed by atoms with van der Waals surface area (Å²) in [6, 6.07) is 6.35. The van der Waals surface area contributed by atoms with Gasteiger partial charge in [-0.1, -0.05) is 19.1 Å². The second-order valence-electron chi connectivity index (χ2n) is 3.40. The predicted molar refractivity (Wildman–Crippen MR) is 62.8 cm³/mol. The van der Waals surface area contributed by atoms with Crippen LogP contribution in [0.2, 0.25) is 0 Å². The predicted octanol–water partition coefficient (Wildman–Crippen LogP) is 2.98. The third kappa shape index (κ3) is 3.10. The smallest absolute Gasteiger partial charge is 0.123 e. The summed E-state index contributed by atoms with van der Waals surface area (Å²) in [5, 5.41) is 0. The molecule has 2 heteroatoms. The van der Waals surface area contributed by atoms with Gasteiger partial charge in [0.1, 0.15) is 6.29 Å². The highest BCUT2D eigenvalue weighted by Gasteiger charge is 2.02. The molecule has 0 aromatic heterocycles. The van der Waals surface area contributed by atoms with Crippen LogP contribution in [-0.4, -0.2) is 6.29 Å². The first kappa shape index (κ1) is 10.7. The fourth-order valence-electron chi connectivity index (χ4n) is 1.25. The molecule has 0 amide bonds. The Labute approximate surface area is 92.7 Å². The summed E-state index contributed by atoms with van der Waals surface area (Å²) in [7, 11) is 0. The van der Waals surface area contributed by atoms with E-state index in [1.165, 1.54) is 14.7 Å². The van der Waals surface area contributed by atoms with Crippen LogP contribution in [0.5, 0.6) is 0 Å². The second kappa shape index (κ2) is 4.74. The van der Waals surface area contributed by atoms with Gasteiger partial charge < -0.3 is 4.79 Å². The molecule has 0 aliphatic heterocycles. The molecule has 0 saturated carbocycles. The molecule has 1 unspecified atom stereocenters. The fraction of sp³-hybridized carbons (Fsp3) is 0.364. The van der Waals surface area contributed by atoms with Crippen LogP contribution in [0.4, 0.5) is 0 Å². The summed E-state index contributed by atoms with van der Waals surface area (Å²) in [6.45, 7) is 4.04. The Morgan fingerprint density at radius 3 is 2.77 bits per heavy atom. The molecule has 0 aliphatic carbocycles. The second-order valence-corrected chi connectivity index (χ2v) is 4.56. The monoisotopic (exact) mass is 288 g/mol. The SMILES string of the molecule is Cc1cc(CC(C)C=O)ccc1I. The number of halogens is 1. The minimum absolute atomic E-state index is 0.125. The number of aryl methyl sites for hydroxylation is 1. The average Bonchev–Trinajstić information content (AvgIpc) is 2.11. The van der Waals surface area contributed by atoms with E-state index in [9.17, 15) is 4.79 Å². The van der Waals surface area contributed by atoms with Crippen molar-refractivity contribution >= 4 is 28.9 Å². The Morgan fingerprint density at radius 2 is 2.23 bits per heavy atom. The zero-order chi connectivity index (χ0) is 9.84. The number of hydrogen-bond acceptors (Lipinski definition) is 1. The van der Waals surface area contributed by atoms with Crippen LogP contribution in [0.15, 0.2) is 18.2 Å². The first-order chi connectivity index (χ1) is 6.13. The molecule has 0 bridgehead atoms. The highest BCUT2D eigenvalue weighted by atomic mass is 127. The molecule has 0 radical (unpaired) electrons. The Bertz CT molecular complexity index is 307. The Morgan fingerprint density at radius 1 is 1.54 bits per heavy atom. The minimum Gasteiger partial charge on any atom is -0.303 e. The lowest BCUT2D eigenvalue weighted by atomic mass is 10.0. The van der Waals surface area contributed by atoms with Gasteiger partial charge >= 0.3 is 0 Å². The van der Waals surface area contributed by atoms with Gasteiger partial charge in [0.25, 0.3) is 0 Å². The molecule has 13 heavy (non-hydrogen) atoms. The molecule has 0 fully saturated rings. The van der Waals surface area contributed by atoms with Crippen molar-refractivity contribution in [2.45, 2.75) is 20.3 Å². The minimum atomic E-state index is 0.125. The van der Waals surface area contributed by atoms with E-state index >= 15 is 0 Å². The van der Waals surface area contributed by atoms with Crippen LogP contribution in [0.1, 0.15) is 18.1 Å². The van der Waals surface area contributed by atoms with E-state index < -0.39 is 0 Å². The number of hydrogen-bond donors (Lipinski definition) is 0. The number of aldehydes is 1. The van der Waals surface area contributed by atoms with Crippen LogP contribution >= 0.6 is 22.6 Å². The standard InChI is InChI=1S/C11H13IO/c1-8(7-13)5-10-3-4-11(12)9(2)6-10/h3-4,6-8H,5H2,1-2H3. The van der Waals surface area contributed by atoms with Crippen LogP contribution < -0.4 is 0 Å². The highest BCUT2D eigenvalue weighted by molar-refractivity contribution is 14.1. The molecule has 0 heterocycles. The summed E-state index contributed by atoms with van der Waals surface area (Å²) in [5.41, 5.74) is 2.54. The first-order valence-electron chi connectivity index (χ1n) is 4.34. The van der Waals surface area contributed by atoms with Crippen molar-refractivity contribution in [3.8, 4) is 0 Å². The van der Waals surface area contributed by atoms with E-state index in [2.05, 4.69) is 47.7 Å². The average molecular weight is 288 g/mol. The molecule has 1 aromatic rings. The molecule has 1 nitrogen and oxygen atoms in total. The lowest BCUT2D eigenvalue weighted by molar-refractivity contribution is -0.110. The maximum Gasteiger partial charge on any atom is 0.123 e. The molecule has 1 rings (SSSR count). The van der Waals surface area contributed by atoms with E-state index in [0.29, 0.717) is 0 Å². The molecular formula is C11H13IO. The Balaban J connectivity index is 2.79. The van der Waals surface area contributed by atoms with Gasteiger partial charge in [-0.3, -0.25) is 0 Å². The number of rotatable bonds is 3. The van der Waals surface area contributed by atoms with Crippen LogP contribution in [0.3, 0.4) is 0 Å². The van der Waals surface area contributed by atoms with E-state index in [0.717, 1.165) is 12.7 Å². The third-order valence-electron chi connectivity index (χ3n) is 2.01. The van der Waals surface area contributed by atoms with Crippen LogP contribution in [-0.2, 0) is 11.2 Å². The molecular weight excluding hydrogens is 275 g/mol. The van der Waals surface area contributed by atoms with Crippen molar-refractivity contribution in [1.29, 1.82) is 0 Å². The number of benzene rings is 1. The van der Waals surface area contributed by atoms with Crippen molar-refractivity contribution in [3.63, 3.8) is 0 Å². The van der Waals surface area contributed by atoms with Crippen molar-refractivity contribution in [3.05, 3.63) is 32.9 Å². The molecule has 0 spiro atoms. The van der Waals surface area contributed by atoms with E-state index in [4.69, 9.17) is 0 Å². The molecule has 0 N–H and O–H groups in total. The normalized spacial score (nSPS) is 12.5.